The van der Waals surface area contributed by atoms with Gasteiger partial charge in [0.1, 0.15) is 5.75 Å². The molecule has 0 aliphatic carbocycles. The minimum Gasteiger partial charge on any atom is -0.435 e. The fourth-order valence-corrected chi connectivity index (χ4v) is 2.70. The molecular weight excluding hydrogens is 334 g/mol. The van der Waals surface area contributed by atoms with E-state index in [0.29, 0.717) is 21.8 Å². The van der Waals surface area contributed by atoms with Crippen molar-refractivity contribution in [2.45, 2.75) is 11.5 Å². The fraction of sp³-hybridized carbons (Fsp3) is 0.0714. The van der Waals surface area contributed by atoms with E-state index in [1.54, 1.807) is 30.3 Å². The van der Waals surface area contributed by atoms with Gasteiger partial charge in [-0.2, -0.15) is 8.78 Å². The molecule has 0 unspecified atom stereocenters. The van der Waals surface area contributed by atoms with Gasteiger partial charge in [-0.05, 0) is 48.3 Å². The van der Waals surface area contributed by atoms with Crippen LogP contribution in [0.1, 0.15) is 0 Å². The summed E-state index contributed by atoms with van der Waals surface area (Å²) < 4.78 is 36.6. The maximum atomic E-state index is 12.1. The summed E-state index contributed by atoms with van der Waals surface area (Å²) in [5.74, 6) is 0.604. The van der Waals surface area contributed by atoms with Crippen molar-refractivity contribution in [1.82, 2.24) is 5.16 Å². The first-order chi connectivity index (χ1) is 10.6. The Bertz CT molecular complexity index is 780. The Labute approximate surface area is 133 Å². The molecule has 0 radical (unpaired) electrons. The lowest BCUT2D eigenvalue weighted by Crippen LogP contribution is -2.01. The van der Waals surface area contributed by atoms with Crippen molar-refractivity contribution < 1.29 is 18.0 Å². The number of halogens is 3. The van der Waals surface area contributed by atoms with Crippen LogP contribution in [0.3, 0.4) is 0 Å². The topological polar surface area (TPSA) is 47.3 Å². The van der Waals surface area contributed by atoms with E-state index >= 15 is 0 Å². The van der Waals surface area contributed by atoms with Crippen LogP contribution in [0.25, 0.3) is 11.0 Å². The molecule has 22 heavy (non-hydrogen) atoms. The van der Waals surface area contributed by atoms with Gasteiger partial charge in [-0.1, -0.05) is 22.8 Å². The molecule has 3 rings (SSSR count). The lowest BCUT2D eigenvalue weighted by atomic mass is 10.2. The smallest absolute Gasteiger partial charge is 0.387 e. The van der Waals surface area contributed by atoms with Gasteiger partial charge in [0, 0.05) is 4.90 Å². The zero-order valence-electron chi connectivity index (χ0n) is 10.9. The Morgan fingerprint density at radius 3 is 2.68 bits per heavy atom. The first kappa shape index (κ1) is 14.9. The predicted molar refractivity (Wildman–Crippen MR) is 81.6 cm³/mol. The van der Waals surface area contributed by atoms with E-state index in [2.05, 4.69) is 14.6 Å². The van der Waals surface area contributed by atoms with Crippen LogP contribution in [0.15, 0.2) is 51.9 Å². The SMILES string of the molecule is FC(F)Oc1ccc(SNc2noc3cccc(Cl)c23)cc1. The lowest BCUT2D eigenvalue weighted by molar-refractivity contribution is -0.0498. The zero-order chi connectivity index (χ0) is 15.5. The molecule has 0 aliphatic heterocycles. The Morgan fingerprint density at radius 1 is 1.18 bits per heavy atom. The van der Waals surface area contributed by atoms with Crippen LogP contribution < -0.4 is 9.46 Å². The zero-order valence-corrected chi connectivity index (χ0v) is 12.5. The Hall–Kier alpha value is -1.99. The monoisotopic (exact) mass is 342 g/mol. The van der Waals surface area contributed by atoms with Crippen molar-refractivity contribution in [3.05, 3.63) is 47.5 Å². The summed E-state index contributed by atoms with van der Waals surface area (Å²) in [7, 11) is 0. The third-order valence-electron chi connectivity index (χ3n) is 2.76. The van der Waals surface area contributed by atoms with Crippen molar-refractivity contribution in [3.63, 3.8) is 0 Å². The molecule has 0 aliphatic rings. The predicted octanol–water partition coefficient (Wildman–Crippen LogP) is 5.20. The van der Waals surface area contributed by atoms with Crippen molar-refractivity contribution in [3.8, 4) is 5.75 Å². The molecule has 0 bridgehead atoms. The maximum absolute atomic E-state index is 12.1. The Morgan fingerprint density at radius 2 is 1.95 bits per heavy atom. The molecule has 1 aromatic heterocycles. The van der Waals surface area contributed by atoms with Gasteiger partial charge in [-0.25, -0.2) is 0 Å². The molecule has 0 fully saturated rings. The third-order valence-corrected chi connectivity index (χ3v) is 3.88. The first-order valence-corrected chi connectivity index (χ1v) is 7.34. The summed E-state index contributed by atoms with van der Waals surface area (Å²) in [6.45, 7) is -2.83. The molecule has 3 aromatic rings. The number of rotatable bonds is 5. The summed E-state index contributed by atoms with van der Waals surface area (Å²) in [6, 6.07) is 11.5. The van der Waals surface area contributed by atoms with Crippen molar-refractivity contribution in [2.75, 3.05) is 4.72 Å². The summed E-state index contributed by atoms with van der Waals surface area (Å²) in [4.78, 5) is 0.796. The number of hydrogen-bond donors (Lipinski definition) is 1. The normalized spacial score (nSPS) is 11.1. The second-order valence-electron chi connectivity index (χ2n) is 4.20. The lowest BCUT2D eigenvalue weighted by Gasteiger charge is -2.06. The summed E-state index contributed by atoms with van der Waals surface area (Å²) in [5, 5.41) is 5.13. The average Bonchev–Trinajstić information content (AvgIpc) is 2.91. The quantitative estimate of drug-likeness (QED) is 0.645. The van der Waals surface area contributed by atoms with Crippen molar-refractivity contribution >= 4 is 40.3 Å². The summed E-state index contributed by atoms with van der Waals surface area (Å²) in [5.41, 5.74) is 0.580. The molecule has 0 amide bonds. The highest BCUT2D eigenvalue weighted by atomic mass is 35.5. The van der Waals surface area contributed by atoms with E-state index in [-0.39, 0.29) is 5.75 Å². The van der Waals surface area contributed by atoms with Gasteiger partial charge >= 0.3 is 6.61 Å². The molecule has 8 heteroatoms. The molecular formula is C14H9ClF2N2O2S. The number of hydrogen-bond acceptors (Lipinski definition) is 5. The molecule has 0 spiro atoms. The largest absolute Gasteiger partial charge is 0.435 e. The van der Waals surface area contributed by atoms with Gasteiger partial charge in [-0.15, -0.1) is 0 Å². The number of alkyl halides is 2. The number of fused-ring (bicyclic) bond motifs is 1. The van der Waals surface area contributed by atoms with Gasteiger partial charge in [0.05, 0.1) is 10.4 Å². The highest BCUT2D eigenvalue weighted by molar-refractivity contribution is 8.00. The molecule has 0 saturated carbocycles. The van der Waals surface area contributed by atoms with Gasteiger partial charge in [0.15, 0.2) is 11.4 Å². The third kappa shape index (κ3) is 3.26. The number of benzene rings is 2. The fourth-order valence-electron chi connectivity index (χ4n) is 1.82. The standard InChI is InChI=1S/C14H9ClF2N2O2S/c15-10-2-1-3-11-12(10)13(18-21-11)19-22-9-6-4-8(5-7-9)20-14(16)17/h1-7,14H,(H,18,19). The van der Waals surface area contributed by atoms with E-state index in [0.717, 1.165) is 4.90 Å². The van der Waals surface area contributed by atoms with E-state index in [4.69, 9.17) is 16.1 Å². The highest BCUT2D eigenvalue weighted by Crippen LogP contribution is 2.32. The van der Waals surface area contributed by atoms with Crippen LogP contribution in [-0.4, -0.2) is 11.8 Å². The van der Waals surface area contributed by atoms with Gasteiger partial charge in [0.25, 0.3) is 0 Å². The van der Waals surface area contributed by atoms with Crippen LogP contribution in [0.5, 0.6) is 5.75 Å². The van der Waals surface area contributed by atoms with Crippen molar-refractivity contribution in [1.29, 1.82) is 0 Å². The molecule has 0 saturated heterocycles. The molecule has 114 valence electrons. The van der Waals surface area contributed by atoms with E-state index < -0.39 is 6.61 Å². The molecule has 1 heterocycles. The van der Waals surface area contributed by atoms with Crippen LogP contribution in [0, 0.1) is 0 Å². The highest BCUT2D eigenvalue weighted by Gasteiger charge is 2.11. The number of nitrogens with zero attached hydrogens (tertiary/aromatic N) is 1. The molecule has 1 N–H and O–H groups in total. The van der Waals surface area contributed by atoms with E-state index in [9.17, 15) is 8.78 Å². The van der Waals surface area contributed by atoms with Crippen LogP contribution in [0.2, 0.25) is 5.02 Å². The van der Waals surface area contributed by atoms with E-state index in [1.807, 2.05) is 0 Å². The van der Waals surface area contributed by atoms with Crippen LogP contribution in [0.4, 0.5) is 14.6 Å². The van der Waals surface area contributed by atoms with Gasteiger partial charge < -0.3 is 14.0 Å². The minimum atomic E-state index is -2.83. The number of nitrogens with one attached hydrogen (secondary N) is 1. The van der Waals surface area contributed by atoms with Crippen LogP contribution in [-0.2, 0) is 0 Å². The summed E-state index contributed by atoms with van der Waals surface area (Å²) in [6.07, 6.45) is 0. The number of ether oxygens (including phenoxy) is 1. The molecule has 2 aromatic carbocycles. The van der Waals surface area contributed by atoms with Gasteiger partial charge in [-0.3, -0.25) is 0 Å². The van der Waals surface area contributed by atoms with E-state index in [1.165, 1.54) is 24.1 Å². The summed E-state index contributed by atoms with van der Waals surface area (Å²) >= 11 is 7.37. The minimum absolute atomic E-state index is 0.106. The van der Waals surface area contributed by atoms with Gasteiger partial charge in [0.2, 0.25) is 0 Å². The second kappa shape index (κ2) is 6.41. The first-order valence-electron chi connectivity index (χ1n) is 6.15. The van der Waals surface area contributed by atoms with Crippen molar-refractivity contribution in [2.24, 2.45) is 0 Å². The molecule has 4 nitrogen and oxygen atoms in total. The number of anilines is 1. The Kier molecular flexibility index (Phi) is 4.35. The maximum Gasteiger partial charge on any atom is 0.387 e. The molecule has 0 atom stereocenters. The second-order valence-corrected chi connectivity index (χ2v) is 5.49. The number of aromatic nitrogens is 1. The average molecular weight is 343 g/mol. The van der Waals surface area contributed by atoms with Crippen LogP contribution >= 0.6 is 23.5 Å². The Balaban J connectivity index is 1.71.